The molecule has 0 unspecified atom stereocenters. The van der Waals surface area contributed by atoms with Crippen molar-refractivity contribution in [1.29, 1.82) is 0 Å². The van der Waals surface area contributed by atoms with Gasteiger partial charge >= 0.3 is 0 Å². The van der Waals surface area contributed by atoms with Crippen LogP contribution in [0.5, 0.6) is 11.5 Å². The van der Waals surface area contributed by atoms with Crippen LogP contribution in [0.15, 0.2) is 18.3 Å². The van der Waals surface area contributed by atoms with Gasteiger partial charge in [0.05, 0.1) is 14.2 Å². The SMILES string of the molecule is COc1cc(C)c(-c2ncc(C)[nH]2)cc1OC. The maximum atomic E-state index is 5.29. The van der Waals surface area contributed by atoms with E-state index in [0.717, 1.165) is 28.4 Å². The van der Waals surface area contributed by atoms with Crippen molar-refractivity contribution in [2.45, 2.75) is 13.8 Å². The molecular formula is C13H16N2O2. The second-order valence-electron chi connectivity index (χ2n) is 3.94. The Kier molecular flexibility index (Phi) is 3.04. The summed E-state index contributed by atoms with van der Waals surface area (Å²) in [7, 11) is 3.26. The minimum absolute atomic E-state index is 0.710. The molecule has 0 atom stereocenters. The zero-order valence-electron chi connectivity index (χ0n) is 10.5. The highest BCUT2D eigenvalue weighted by Crippen LogP contribution is 2.34. The number of imidazole rings is 1. The van der Waals surface area contributed by atoms with Crippen molar-refractivity contribution in [3.8, 4) is 22.9 Å². The molecule has 4 nitrogen and oxygen atoms in total. The molecule has 0 bridgehead atoms. The lowest BCUT2D eigenvalue weighted by atomic mass is 10.1. The predicted octanol–water partition coefficient (Wildman–Crippen LogP) is 2.71. The fourth-order valence-corrected chi connectivity index (χ4v) is 1.79. The van der Waals surface area contributed by atoms with E-state index < -0.39 is 0 Å². The van der Waals surface area contributed by atoms with Crippen LogP contribution < -0.4 is 9.47 Å². The molecule has 0 fully saturated rings. The summed E-state index contributed by atoms with van der Waals surface area (Å²) in [5, 5.41) is 0. The van der Waals surface area contributed by atoms with Crippen LogP contribution in [0.2, 0.25) is 0 Å². The lowest BCUT2D eigenvalue weighted by molar-refractivity contribution is 0.355. The van der Waals surface area contributed by atoms with Crippen molar-refractivity contribution < 1.29 is 9.47 Å². The second kappa shape index (κ2) is 4.49. The summed E-state index contributed by atoms with van der Waals surface area (Å²) in [6.45, 7) is 4.00. The van der Waals surface area contributed by atoms with Gasteiger partial charge in [0, 0.05) is 17.5 Å². The van der Waals surface area contributed by atoms with Crippen LogP contribution >= 0.6 is 0 Å². The Morgan fingerprint density at radius 2 is 1.71 bits per heavy atom. The van der Waals surface area contributed by atoms with Crippen molar-refractivity contribution >= 4 is 0 Å². The molecule has 1 aromatic carbocycles. The second-order valence-corrected chi connectivity index (χ2v) is 3.94. The third-order valence-corrected chi connectivity index (χ3v) is 2.69. The number of aromatic amines is 1. The third kappa shape index (κ3) is 2.11. The fraction of sp³-hybridized carbons (Fsp3) is 0.308. The molecule has 0 aliphatic carbocycles. The number of H-pyrrole nitrogens is 1. The summed E-state index contributed by atoms with van der Waals surface area (Å²) in [5.74, 6) is 2.29. The van der Waals surface area contributed by atoms with E-state index in [1.165, 1.54) is 0 Å². The molecule has 0 amide bonds. The molecular weight excluding hydrogens is 216 g/mol. The molecule has 0 spiro atoms. The quantitative estimate of drug-likeness (QED) is 0.885. The van der Waals surface area contributed by atoms with Gasteiger partial charge in [-0.3, -0.25) is 0 Å². The zero-order valence-corrected chi connectivity index (χ0v) is 10.5. The Morgan fingerprint density at radius 1 is 1.06 bits per heavy atom. The van der Waals surface area contributed by atoms with Gasteiger partial charge in [0.15, 0.2) is 11.5 Å². The highest BCUT2D eigenvalue weighted by Gasteiger charge is 2.11. The number of ether oxygens (including phenoxy) is 2. The normalized spacial score (nSPS) is 10.4. The molecule has 4 heteroatoms. The number of hydrogen-bond donors (Lipinski definition) is 1. The van der Waals surface area contributed by atoms with Crippen LogP contribution in [-0.4, -0.2) is 24.2 Å². The molecule has 2 aromatic rings. The highest BCUT2D eigenvalue weighted by atomic mass is 16.5. The molecule has 2 rings (SSSR count). The van der Waals surface area contributed by atoms with Crippen molar-refractivity contribution in [3.63, 3.8) is 0 Å². The van der Waals surface area contributed by atoms with Crippen molar-refractivity contribution in [3.05, 3.63) is 29.6 Å². The Balaban J connectivity index is 2.55. The van der Waals surface area contributed by atoms with Crippen LogP contribution in [0, 0.1) is 13.8 Å². The molecule has 17 heavy (non-hydrogen) atoms. The number of nitrogens with zero attached hydrogens (tertiary/aromatic N) is 1. The van der Waals surface area contributed by atoms with E-state index in [1.54, 1.807) is 14.2 Å². The first kappa shape index (κ1) is 11.5. The molecule has 0 aliphatic rings. The van der Waals surface area contributed by atoms with Gasteiger partial charge in [-0.05, 0) is 31.5 Å². The van der Waals surface area contributed by atoms with Gasteiger partial charge in [0.25, 0.3) is 0 Å². The standard InChI is InChI=1S/C13H16N2O2/c1-8-5-11(16-3)12(17-4)6-10(8)13-14-7-9(2)15-13/h5-7H,1-4H3,(H,14,15). The van der Waals surface area contributed by atoms with E-state index in [0.29, 0.717) is 5.75 Å². The number of benzene rings is 1. The maximum absolute atomic E-state index is 5.29. The number of aromatic nitrogens is 2. The van der Waals surface area contributed by atoms with Crippen LogP contribution in [-0.2, 0) is 0 Å². The van der Waals surface area contributed by atoms with Crippen molar-refractivity contribution in [2.24, 2.45) is 0 Å². The molecule has 90 valence electrons. The smallest absolute Gasteiger partial charge is 0.161 e. The first-order valence-corrected chi connectivity index (χ1v) is 5.40. The molecule has 0 saturated heterocycles. The number of methoxy groups -OCH3 is 2. The van der Waals surface area contributed by atoms with Crippen LogP contribution in [0.1, 0.15) is 11.3 Å². The topological polar surface area (TPSA) is 47.1 Å². The largest absolute Gasteiger partial charge is 0.493 e. The minimum Gasteiger partial charge on any atom is -0.493 e. The van der Waals surface area contributed by atoms with Gasteiger partial charge in [0.1, 0.15) is 5.82 Å². The number of nitrogens with one attached hydrogen (secondary N) is 1. The summed E-state index contributed by atoms with van der Waals surface area (Å²) >= 11 is 0. The number of aryl methyl sites for hydroxylation is 2. The number of rotatable bonds is 3. The number of hydrogen-bond acceptors (Lipinski definition) is 3. The first-order chi connectivity index (χ1) is 8.15. The van der Waals surface area contributed by atoms with E-state index in [1.807, 2.05) is 32.2 Å². The monoisotopic (exact) mass is 232 g/mol. The predicted molar refractivity (Wildman–Crippen MR) is 66.6 cm³/mol. The summed E-state index contributed by atoms with van der Waals surface area (Å²) < 4.78 is 10.6. The maximum Gasteiger partial charge on any atom is 0.161 e. The molecule has 0 saturated carbocycles. The Labute approximate surface area is 101 Å². The van der Waals surface area contributed by atoms with E-state index in [4.69, 9.17) is 9.47 Å². The summed E-state index contributed by atoms with van der Waals surface area (Å²) in [6, 6.07) is 3.89. The molecule has 1 N–H and O–H groups in total. The summed E-state index contributed by atoms with van der Waals surface area (Å²) in [5.41, 5.74) is 3.15. The highest BCUT2D eigenvalue weighted by molar-refractivity contribution is 5.65. The Bertz CT molecular complexity index is 532. The summed E-state index contributed by atoms with van der Waals surface area (Å²) in [6.07, 6.45) is 1.81. The van der Waals surface area contributed by atoms with E-state index >= 15 is 0 Å². The van der Waals surface area contributed by atoms with Gasteiger partial charge in [-0.1, -0.05) is 0 Å². The molecule has 1 heterocycles. The zero-order chi connectivity index (χ0) is 12.4. The Hall–Kier alpha value is -1.97. The lowest BCUT2D eigenvalue weighted by Gasteiger charge is -2.11. The van der Waals surface area contributed by atoms with Crippen molar-refractivity contribution in [1.82, 2.24) is 9.97 Å². The minimum atomic E-state index is 0.710. The average Bonchev–Trinajstić information content (AvgIpc) is 2.75. The van der Waals surface area contributed by atoms with E-state index in [-0.39, 0.29) is 0 Å². The van der Waals surface area contributed by atoms with Gasteiger partial charge in [-0.25, -0.2) is 4.98 Å². The lowest BCUT2D eigenvalue weighted by Crippen LogP contribution is -1.94. The van der Waals surface area contributed by atoms with E-state index in [2.05, 4.69) is 9.97 Å². The van der Waals surface area contributed by atoms with E-state index in [9.17, 15) is 0 Å². The third-order valence-electron chi connectivity index (χ3n) is 2.69. The van der Waals surface area contributed by atoms with Gasteiger partial charge < -0.3 is 14.5 Å². The van der Waals surface area contributed by atoms with Gasteiger partial charge in [-0.15, -0.1) is 0 Å². The van der Waals surface area contributed by atoms with Crippen LogP contribution in [0.4, 0.5) is 0 Å². The van der Waals surface area contributed by atoms with Crippen LogP contribution in [0.3, 0.4) is 0 Å². The fourth-order valence-electron chi connectivity index (χ4n) is 1.79. The average molecular weight is 232 g/mol. The Morgan fingerprint density at radius 3 is 2.24 bits per heavy atom. The molecule has 1 aromatic heterocycles. The first-order valence-electron chi connectivity index (χ1n) is 5.40. The van der Waals surface area contributed by atoms with Crippen LogP contribution in [0.25, 0.3) is 11.4 Å². The van der Waals surface area contributed by atoms with Gasteiger partial charge in [0.2, 0.25) is 0 Å². The molecule has 0 radical (unpaired) electrons. The van der Waals surface area contributed by atoms with Gasteiger partial charge in [-0.2, -0.15) is 0 Å². The molecule has 0 aliphatic heterocycles. The summed E-state index contributed by atoms with van der Waals surface area (Å²) in [4.78, 5) is 7.54. The van der Waals surface area contributed by atoms with Crippen molar-refractivity contribution in [2.75, 3.05) is 14.2 Å².